The molecular formula is C14H21N7O. The fraction of sp³-hybridized carbons (Fsp3) is 0.357. The van der Waals surface area contributed by atoms with E-state index in [9.17, 15) is 4.79 Å². The standard InChI is InChI=1S/C13H16N6O.CH5N/c1-7-2-3-10-8(7)4-9(12(17)19(10)6-15)13(20)18-11(16)5-14;1-2/h4-7,14-15,17H,2-3H2,1H3,(H2,16,18,20);2H2,1H3. The van der Waals surface area contributed by atoms with Gasteiger partial charge in [0.1, 0.15) is 11.3 Å². The molecule has 1 aromatic heterocycles. The minimum absolute atomic E-state index is 0.0700. The average Bonchev–Trinajstić information content (AvgIpc) is 2.89. The summed E-state index contributed by atoms with van der Waals surface area (Å²) in [5.41, 5.74) is 11.7. The van der Waals surface area contributed by atoms with Crippen LogP contribution in [-0.4, -0.2) is 35.9 Å². The van der Waals surface area contributed by atoms with Crippen molar-refractivity contribution in [2.45, 2.75) is 25.7 Å². The molecule has 0 aromatic carbocycles. The summed E-state index contributed by atoms with van der Waals surface area (Å²) in [6.45, 7) is 2.05. The van der Waals surface area contributed by atoms with Crippen molar-refractivity contribution >= 4 is 24.3 Å². The lowest BCUT2D eigenvalue weighted by molar-refractivity contribution is 0.100. The smallest absolute Gasteiger partial charge is 0.282 e. The quantitative estimate of drug-likeness (QED) is 0.399. The van der Waals surface area contributed by atoms with Crippen LogP contribution in [0.2, 0.25) is 0 Å². The van der Waals surface area contributed by atoms with Crippen LogP contribution in [0.15, 0.2) is 11.1 Å². The molecule has 1 amide bonds. The molecule has 7 N–H and O–H groups in total. The van der Waals surface area contributed by atoms with Crippen molar-refractivity contribution in [2.24, 2.45) is 16.5 Å². The van der Waals surface area contributed by atoms with Crippen LogP contribution >= 0.6 is 0 Å². The molecule has 1 unspecified atom stereocenters. The highest BCUT2D eigenvalue weighted by molar-refractivity contribution is 6.30. The van der Waals surface area contributed by atoms with Gasteiger partial charge in [-0.25, -0.2) is 0 Å². The number of amidine groups is 1. The second-order valence-electron chi connectivity index (χ2n) is 4.73. The van der Waals surface area contributed by atoms with Gasteiger partial charge in [-0.3, -0.25) is 20.2 Å². The molecule has 8 heteroatoms. The number of aliphatic imine (C=N–C) groups is 1. The van der Waals surface area contributed by atoms with Gasteiger partial charge in [0, 0.05) is 5.69 Å². The molecule has 118 valence electrons. The van der Waals surface area contributed by atoms with E-state index in [1.165, 1.54) is 11.6 Å². The van der Waals surface area contributed by atoms with Crippen LogP contribution in [0, 0.1) is 16.2 Å². The van der Waals surface area contributed by atoms with Gasteiger partial charge >= 0.3 is 0 Å². The van der Waals surface area contributed by atoms with E-state index in [0.717, 1.165) is 36.7 Å². The highest BCUT2D eigenvalue weighted by atomic mass is 16.1. The third-order valence-electron chi connectivity index (χ3n) is 3.50. The van der Waals surface area contributed by atoms with Gasteiger partial charge in [-0.15, -0.1) is 0 Å². The zero-order valence-corrected chi connectivity index (χ0v) is 12.7. The van der Waals surface area contributed by atoms with Crippen molar-refractivity contribution in [1.82, 2.24) is 4.57 Å². The SMILES string of the molecule is CC1CCc2c1cc(C(=O)N=C(N)C=N)c(=N)n2C=N.CN. The summed E-state index contributed by atoms with van der Waals surface area (Å²) >= 11 is 0. The van der Waals surface area contributed by atoms with Crippen LogP contribution in [0.1, 0.15) is 40.9 Å². The highest BCUT2D eigenvalue weighted by Crippen LogP contribution is 2.31. The topological polar surface area (TPSA) is 158 Å². The molecule has 0 radical (unpaired) electrons. The summed E-state index contributed by atoms with van der Waals surface area (Å²) in [4.78, 5) is 15.6. The first kappa shape index (κ1) is 17.4. The molecule has 1 heterocycles. The van der Waals surface area contributed by atoms with Gasteiger partial charge in [0.15, 0.2) is 0 Å². The number of pyridine rings is 1. The molecule has 0 saturated carbocycles. The number of hydrogen-bond donors (Lipinski definition) is 5. The van der Waals surface area contributed by atoms with Crippen molar-refractivity contribution in [1.29, 1.82) is 16.2 Å². The number of carbonyl (C=O) groups excluding carboxylic acids is 1. The second kappa shape index (κ2) is 7.41. The van der Waals surface area contributed by atoms with Crippen molar-refractivity contribution in [3.05, 3.63) is 28.4 Å². The maximum atomic E-state index is 12.0. The van der Waals surface area contributed by atoms with Gasteiger partial charge in [0.05, 0.1) is 18.1 Å². The molecule has 0 aliphatic heterocycles. The molecular weight excluding hydrogens is 282 g/mol. The minimum atomic E-state index is -0.659. The van der Waals surface area contributed by atoms with Crippen LogP contribution in [0.5, 0.6) is 0 Å². The van der Waals surface area contributed by atoms with Gasteiger partial charge < -0.3 is 16.9 Å². The Morgan fingerprint density at radius 2 is 2.09 bits per heavy atom. The van der Waals surface area contributed by atoms with Crippen molar-refractivity contribution < 1.29 is 4.79 Å². The Bertz CT molecular complexity index is 687. The Balaban J connectivity index is 0.00000116. The molecule has 1 aromatic rings. The summed E-state index contributed by atoms with van der Waals surface area (Å²) in [6.07, 6.45) is 3.55. The van der Waals surface area contributed by atoms with Crippen molar-refractivity contribution in [3.8, 4) is 0 Å². The third kappa shape index (κ3) is 3.17. The second-order valence-corrected chi connectivity index (χ2v) is 4.73. The number of nitrogens with two attached hydrogens (primary N) is 2. The Kier molecular flexibility index (Phi) is 5.88. The largest absolute Gasteiger partial charge is 0.382 e. The van der Waals surface area contributed by atoms with Gasteiger partial charge in [0.25, 0.3) is 5.91 Å². The van der Waals surface area contributed by atoms with Crippen LogP contribution in [0.4, 0.5) is 0 Å². The average molecular weight is 303 g/mol. The van der Waals surface area contributed by atoms with E-state index in [0.29, 0.717) is 0 Å². The number of rotatable bonds is 3. The Labute approximate surface area is 128 Å². The van der Waals surface area contributed by atoms with Crippen LogP contribution < -0.4 is 17.0 Å². The maximum Gasteiger partial charge on any atom is 0.282 e. The third-order valence-corrected chi connectivity index (χ3v) is 3.50. The molecule has 1 atom stereocenters. The molecule has 0 saturated heterocycles. The first-order valence-corrected chi connectivity index (χ1v) is 6.79. The van der Waals surface area contributed by atoms with E-state index in [1.807, 2.05) is 6.92 Å². The first-order valence-electron chi connectivity index (χ1n) is 6.79. The number of fused-ring (bicyclic) bond motifs is 1. The monoisotopic (exact) mass is 303 g/mol. The first-order chi connectivity index (χ1) is 10.5. The van der Waals surface area contributed by atoms with E-state index >= 15 is 0 Å². The molecule has 0 fully saturated rings. The molecule has 22 heavy (non-hydrogen) atoms. The lowest BCUT2D eigenvalue weighted by atomic mass is 10.0. The molecule has 0 spiro atoms. The molecule has 8 nitrogen and oxygen atoms in total. The number of aromatic nitrogens is 1. The van der Waals surface area contributed by atoms with Crippen LogP contribution in [0.25, 0.3) is 0 Å². The number of nitrogens with zero attached hydrogens (tertiary/aromatic N) is 2. The van der Waals surface area contributed by atoms with E-state index in [1.54, 1.807) is 6.07 Å². The highest BCUT2D eigenvalue weighted by Gasteiger charge is 2.24. The van der Waals surface area contributed by atoms with Crippen LogP contribution in [0.3, 0.4) is 0 Å². The van der Waals surface area contributed by atoms with Crippen LogP contribution in [-0.2, 0) is 6.42 Å². The summed E-state index contributed by atoms with van der Waals surface area (Å²) in [6, 6.07) is 1.67. The summed E-state index contributed by atoms with van der Waals surface area (Å²) in [5, 5.41) is 22.4. The van der Waals surface area contributed by atoms with Gasteiger partial charge in [0.2, 0.25) is 0 Å². The summed E-state index contributed by atoms with van der Waals surface area (Å²) < 4.78 is 1.40. The predicted octanol–water partition coefficient (Wildman–Crippen LogP) is 0.194. The van der Waals surface area contributed by atoms with E-state index in [2.05, 4.69) is 10.7 Å². The van der Waals surface area contributed by atoms with Gasteiger partial charge in [-0.1, -0.05) is 6.92 Å². The number of hydrogen-bond acceptors (Lipinski definition) is 5. The van der Waals surface area contributed by atoms with E-state index in [4.69, 9.17) is 22.0 Å². The number of nitrogens with one attached hydrogen (secondary N) is 3. The Morgan fingerprint density at radius 3 is 2.64 bits per heavy atom. The summed E-state index contributed by atoms with van der Waals surface area (Å²) in [7, 11) is 1.50. The maximum absolute atomic E-state index is 12.0. The van der Waals surface area contributed by atoms with Gasteiger partial charge in [-0.2, -0.15) is 4.99 Å². The lowest BCUT2D eigenvalue weighted by Gasteiger charge is -2.12. The number of carbonyl (C=O) groups is 1. The predicted molar refractivity (Wildman–Crippen MR) is 86.1 cm³/mol. The Morgan fingerprint density at radius 1 is 1.45 bits per heavy atom. The molecule has 1 aliphatic rings. The van der Waals surface area contributed by atoms with E-state index in [-0.39, 0.29) is 22.8 Å². The van der Waals surface area contributed by atoms with Gasteiger partial charge in [-0.05, 0) is 37.4 Å². The zero-order chi connectivity index (χ0) is 16.9. The molecule has 2 rings (SSSR count). The number of amides is 1. The van der Waals surface area contributed by atoms with E-state index < -0.39 is 5.91 Å². The normalized spacial score (nSPS) is 16.3. The summed E-state index contributed by atoms with van der Waals surface area (Å²) in [5.74, 6) is -0.578. The molecule has 1 aliphatic carbocycles. The zero-order valence-electron chi connectivity index (χ0n) is 12.7. The fourth-order valence-electron chi connectivity index (χ4n) is 2.43. The lowest BCUT2D eigenvalue weighted by Crippen LogP contribution is -2.29. The Hall–Kier alpha value is -2.61. The fourth-order valence-corrected chi connectivity index (χ4v) is 2.43. The van der Waals surface area contributed by atoms with Crippen molar-refractivity contribution in [3.63, 3.8) is 0 Å². The van der Waals surface area contributed by atoms with Crippen molar-refractivity contribution in [2.75, 3.05) is 7.05 Å². The molecule has 0 bridgehead atoms. The minimum Gasteiger partial charge on any atom is -0.382 e.